The Morgan fingerprint density at radius 1 is 1.19 bits per heavy atom. The van der Waals surface area contributed by atoms with E-state index in [1.54, 1.807) is 4.90 Å². The first-order valence-electron chi connectivity index (χ1n) is 12.0. The molecular weight excluding hydrogens is 478 g/mol. The number of aldehydes is 1. The van der Waals surface area contributed by atoms with Crippen LogP contribution >= 0.6 is 0 Å². The molecule has 1 saturated heterocycles. The number of piperidine rings is 1. The van der Waals surface area contributed by atoms with E-state index in [-0.39, 0.29) is 43.4 Å². The molecule has 196 valence electrons. The lowest BCUT2D eigenvalue weighted by molar-refractivity contribution is -0.137. The van der Waals surface area contributed by atoms with Gasteiger partial charge in [0.25, 0.3) is 0 Å². The number of halogens is 4. The van der Waals surface area contributed by atoms with E-state index in [1.165, 1.54) is 18.5 Å². The first kappa shape index (κ1) is 26.2. The second kappa shape index (κ2) is 10.7. The van der Waals surface area contributed by atoms with Gasteiger partial charge in [-0.2, -0.15) is 17.6 Å². The van der Waals surface area contributed by atoms with Gasteiger partial charge in [-0.05, 0) is 43.4 Å². The SMILES string of the molecule is NCC(C=O)N1CCC(N)(CNc2ncnc(N(Cc3ccc(C(F)(F)F)cc3)C3CC3)c2F)CC1. The van der Waals surface area contributed by atoms with Crippen molar-refractivity contribution in [3.63, 3.8) is 0 Å². The van der Waals surface area contributed by atoms with Gasteiger partial charge in [0, 0.05) is 44.3 Å². The highest BCUT2D eigenvalue weighted by Crippen LogP contribution is 2.35. The van der Waals surface area contributed by atoms with E-state index in [4.69, 9.17) is 11.5 Å². The summed E-state index contributed by atoms with van der Waals surface area (Å²) in [6, 6.07) is 4.59. The molecule has 36 heavy (non-hydrogen) atoms. The van der Waals surface area contributed by atoms with Crippen molar-refractivity contribution in [3.05, 3.63) is 47.5 Å². The maximum absolute atomic E-state index is 15.5. The summed E-state index contributed by atoms with van der Waals surface area (Å²) >= 11 is 0. The van der Waals surface area contributed by atoms with Crippen molar-refractivity contribution in [2.75, 3.05) is 36.4 Å². The summed E-state index contributed by atoms with van der Waals surface area (Å²) < 4.78 is 54.2. The van der Waals surface area contributed by atoms with Crippen LogP contribution in [0.1, 0.15) is 36.8 Å². The highest BCUT2D eigenvalue weighted by molar-refractivity contribution is 5.58. The molecule has 1 aromatic carbocycles. The van der Waals surface area contributed by atoms with E-state index in [0.29, 0.717) is 31.5 Å². The minimum atomic E-state index is -4.41. The summed E-state index contributed by atoms with van der Waals surface area (Å²) in [7, 11) is 0. The molecule has 2 aliphatic rings. The number of alkyl halides is 3. The van der Waals surface area contributed by atoms with Gasteiger partial charge in [-0.1, -0.05) is 12.1 Å². The standard InChI is InChI=1S/C24H31F4N7O/c25-20-21(31-14-23(30)7-9-34(10-8-23)19(11-29)13-36)32-15-33-22(20)35(18-5-6-18)12-16-1-3-17(4-2-16)24(26,27)28/h1-4,13,15,18-19H,5-12,14,29-30H2,(H,31,32,33). The van der Waals surface area contributed by atoms with Crippen molar-refractivity contribution in [2.45, 2.75) is 56.0 Å². The average Bonchev–Trinajstić information content (AvgIpc) is 3.69. The van der Waals surface area contributed by atoms with Crippen LogP contribution in [0.2, 0.25) is 0 Å². The molecule has 5 N–H and O–H groups in total. The van der Waals surface area contributed by atoms with E-state index in [9.17, 15) is 18.0 Å². The molecule has 12 heteroatoms. The quantitative estimate of drug-likeness (QED) is 0.331. The van der Waals surface area contributed by atoms with Gasteiger partial charge >= 0.3 is 6.18 Å². The molecule has 2 heterocycles. The molecule has 1 atom stereocenters. The van der Waals surface area contributed by atoms with Gasteiger partial charge in [0.1, 0.15) is 12.6 Å². The zero-order chi connectivity index (χ0) is 25.9. The summed E-state index contributed by atoms with van der Waals surface area (Å²) in [5, 5.41) is 3.02. The van der Waals surface area contributed by atoms with Crippen molar-refractivity contribution >= 4 is 17.9 Å². The fourth-order valence-electron chi connectivity index (χ4n) is 4.47. The second-order valence-electron chi connectivity index (χ2n) is 9.60. The molecule has 2 fully saturated rings. The van der Waals surface area contributed by atoms with E-state index < -0.39 is 23.1 Å². The Hall–Kier alpha value is -2.83. The van der Waals surface area contributed by atoms with Crippen LogP contribution in [0, 0.1) is 5.82 Å². The molecule has 0 radical (unpaired) electrons. The largest absolute Gasteiger partial charge is 0.416 e. The molecule has 0 amide bonds. The number of aromatic nitrogens is 2. The Morgan fingerprint density at radius 2 is 1.86 bits per heavy atom. The highest BCUT2D eigenvalue weighted by Gasteiger charge is 2.35. The molecule has 1 aliphatic carbocycles. The number of nitrogens with two attached hydrogens (primary N) is 2. The van der Waals surface area contributed by atoms with Crippen LogP contribution in [0.5, 0.6) is 0 Å². The number of nitrogens with one attached hydrogen (secondary N) is 1. The Labute approximate surface area is 207 Å². The van der Waals surface area contributed by atoms with Crippen molar-refractivity contribution in [3.8, 4) is 0 Å². The van der Waals surface area contributed by atoms with Crippen LogP contribution < -0.4 is 21.7 Å². The molecule has 0 spiro atoms. The summed E-state index contributed by atoms with van der Waals surface area (Å²) in [6.45, 7) is 1.98. The van der Waals surface area contributed by atoms with Gasteiger partial charge in [-0.3, -0.25) is 4.90 Å². The number of hydrogen-bond donors (Lipinski definition) is 3. The zero-order valence-electron chi connectivity index (χ0n) is 19.8. The van der Waals surface area contributed by atoms with E-state index in [2.05, 4.69) is 15.3 Å². The second-order valence-corrected chi connectivity index (χ2v) is 9.60. The molecule has 4 rings (SSSR count). The fourth-order valence-corrected chi connectivity index (χ4v) is 4.47. The fraction of sp³-hybridized carbons (Fsp3) is 0.542. The van der Waals surface area contributed by atoms with E-state index in [0.717, 1.165) is 31.3 Å². The summed E-state index contributed by atoms with van der Waals surface area (Å²) in [5.74, 6) is -0.493. The van der Waals surface area contributed by atoms with Crippen molar-refractivity contribution in [2.24, 2.45) is 11.5 Å². The molecule has 1 saturated carbocycles. The lowest BCUT2D eigenvalue weighted by Gasteiger charge is -2.41. The van der Waals surface area contributed by atoms with Crippen molar-refractivity contribution < 1.29 is 22.4 Å². The van der Waals surface area contributed by atoms with Gasteiger partial charge in [-0.15, -0.1) is 0 Å². The molecule has 0 bridgehead atoms. The van der Waals surface area contributed by atoms with Crippen LogP contribution in [-0.2, 0) is 17.5 Å². The maximum Gasteiger partial charge on any atom is 0.416 e. The summed E-state index contributed by atoms with van der Waals surface area (Å²) in [5.41, 5.74) is 11.5. The predicted octanol–water partition coefficient (Wildman–Crippen LogP) is 2.53. The number of carbonyl (C=O) groups is 1. The van der Waals surface area contributed by atoms with Crippen molar-refractivity contribution in [1.82, 2.24) is 14.9 Å². The molecule has 1 aromatic heterocycles. The molecule has 1 aliphatic heterocycles. The number of likely N-dealkylation sites (tertiary alicyclic amines) is 1. The normalized spacial score (nSPS) is 19.1. The van der Waals surface area contributed by atoms with E-state index in [1.807, 2.05) is 4.90 Å². The van der Waals surface area contributed by atoms with Crippen LogP contribution in [-0.4, -0.2) is 65.0 Å². The third kappa shape index (κ3) is 6.11. The Kier molecular flexibility index (Phi) is 7.76. The van der Waals surface area contributed by atoms with Gasteiger partial charge < -0.3 is 26.5 Å². The number of benzene rings is 1. The average molecular weight is 510 g/mol. The number of nitrogens with zero attached hydrogens (tertiary/aromatic N) is 4. The molecule has 8 nitrogen and oxygen atoms in total. The van der Waals surface area contributed by atoms with Crippen LogP contribution in [0.15, 0.2) is 30.6 Å². The highest BCUT2D eigenvalue weighted by atomic mass is 19.4. The first-order chi connectivity index (χ1) is 17.1. The monoisotopic (exact) mass is 509 g/mol. The van der Waals surface area contributed by atoms with Gasteiger partial charge in [0.05, 0.1) is 11.6 Å². The lowest BCUT2D eigenvalue weighted by atomic mass is 9.88. The van der Waals surface area contributed by atoms with Crippen LogP contribution in [0.4, 0.5) is 29.2 Å². The van der Waals surface area contributed by atoms with Crippen LogP contribution in [0.25, 0.3) is 0 Å². The van der Waals surface area contributed by atoms with Crippen LogP contribution in [0.3, 0.4) is 0 Å². The Balaban J connectivity index is 1.43. The van der Waals surface area contributed by atoms with Gasteiger partial charge in [0.15, 0.2) is 11.6 Å². The molecule has 2 aromatic rings. The number of carbonyl (C=O) groups excluding carboxylic acids is 1. The predicted molar refractivity (Wildman–Crippen MR) is 128 cm³/mol. The maximum atomic E-state index is 15.5. The van der Waals surface area contributed by atoms with Crippen molar-refractivity contribution in [1.29, 1.82) is 0 Å². The van der Waals surface area contributed by atoms with Gasteiger partial charge in [0.2, 0.25) is 5.82 Å². The third-order valence-corrected chi connectivity index (χ3v) is 6.93. The molecular formula is C24H31F4N7O. The number of hydrogen-bond acceptors (Lipinski definition) is 8. The summed E-state index contributed by atoms with van der Waals surface area (Å²) in [4.78, 5) is 23.2. The number of rotatable bonds is 10. The molecule has 1 unspecified atom stereocenters. The zero-order valence-corrected chi connectivity index (χ0v) is 19.8. The Morgan fingerprint density at radius 3 is 2.42 bits per heavy atom. The smallest absolute Gasteiger partial charge is 0.366 e. The van der Waals surface area contributed by atoms with Gasteiger partial charge in [-0.25, -0.2) is 9.97 Å². The number of anilines is 2. The third-order valence-electron chi connectivity index (χ3n) is 6.93. The lowest BCUT2D eigenvalue weighted by Crippen LogP contribution is -2.57. The minimum absolute atomic E-state index is 0.0260. The summed E-state index contributed by atoms with van der Waals surface area (Å²) in [6.07, 6.45) is 0.601. The first-order valence-corrected chi connectivity index (χ1v) is 12.0. The Bertz CT molecular complexity index is 1040. The minimum Gasteiger partial charge on any atom is -0.366 e. The topological polar surface area (TPSA) is 113 Å². The van der Waals surface area contributed by atoms with E-state index >= 15 is 4.39 Å².